The third-order valence-corrected chi connectivity index (χ3v) is 3.39. The van der Waals surface area contributed by atoms with Gasteiger partial charge in [0.25, 0.3) is 0 Å². The maximum Gasteiger partial charge on any atom is 0.138 e. The lowest BCUT2D eigenvalue weighted by molar-refractivity contribution is 0.476. The van der Waals surface area contributed by atoms with E-state index in [1.807, 2.05) is 6.07 Å². The summed E-state index contributed by atoms with van der Waals surface area (Å²) in [5.41, 5.74) is 9.07. The highest BCUT2D eigenvalue weighted by Gasteiger charge is 2.11. The zero-order valence-electron chi connectivity index (χ0n) is 12.2. The molecule has 0 aliphatic heterocycles. The van der Waals surface area contributed by atoms with Gasteiger partial charge in [0, 0.05) is 0 Å². The Morgan fingerprint density at radius 1 is 1.00 bits per heavy atom. The van der Waals surface area contributed by atoms with Crippen LogP contribution < -0.4 is 5.73 Å². The third-order valence-electron chi connectivity index (χ3n) is 3.39. The van der Waals surface area contributed by atoms with Crippen LogP contribution in [0.5, 0.6) is 5.75 Å². The first-order valence-electron chi connectivity index (χ1n) is 7.01. The van der Waals surface area contributed by atoms with Gasteiger partial charge in [0.05, 0.1) is 5.69 Å². The third kappa shape index (κ3) is 4.25. The van der Waals surface area contributed by atoms with E-state index in [4.69, 9.17) is 5.73 Å². The van der Waals surface area contributed by atoms with Crippen LogP contribution in [0.3, 0.4) is 0 Å². The molecular weight excluding hydrogens is 222 g/mol. The molecule has 0 unspecified atom stereocenters. The van der Waals surface area contributed by atoms with Crippen molar-refractivity contribution in [1.82, 2.24) is 0 Å². The normalized spacial score (nSPS) is 11.4. The molecule has 2 nitrogen and oxygen atoms in total. The van der Waals surface area contributed by atoms with E-state index in [0.717, 1.165) is 24.8 Å². The molecule has 102 valence electrons. The molecule has 2 heteroatoms. The Morgan fingerprint density at radius 3 is 2.11 bits per heavy atom. The van der Waals surface area contributed by atoms with Crippen LogP contribution >= 0.6 is 0 Å². The van der Waals surface area contributed by atoms with E-state index in [-0.39, 0.29) is 5.75 Å². The lowest BCUT2D eigenvalue weighted by atomic mass is 9.92. The van der Waals surface area contributed by atoms with Gasteiger partial charge in [-0.15, -0.1) is 0 Å². The number of anilines is 1. The molecule has 0 saturated heterocycles. The summed E-state index contributed by atoms with van der Waals surface area (Å²) >= 11 is 0. The van der Waals surface area contributed by atoms with Gasteiger partial charge in [0.2, 0.25) is 0 Å². The second kappa shape index (κ2) is 6.67. The number of nitrogens with two attached hydrogens (primary N) is 1. The molecule has 0 aliphatic carbocycles. The predicted molar refractivity (Wildman–Crippen MR) is 78.8 cm³/mol. The lowest BCUT2D eigenvalue weighted by Crippen LogP contribution is -2.04. The molecule has 0 radical (unpaired) electrons. The van der Waals surface area contributed by atoms with Crippen molar-refractivity contribution < 1.29 is 5.11 Å². The number of aromatic hydroxyl groups is 1. The summed E-state index contributed by atoms with van der Waals surface area (Å²) in [5.74, 6) is 1.57. The molecule has 18 heavy (non-hydrogen) atoms. The molecule has 0 spiro atoms. The van der Waals surface area contributed by atoms with Crippen LogP contribution in [0.15, 0.2) is 12.1 Å². The smallest absolute Gasteiger partial charge is 0.138 e. The number of rotatable bonds is 6. The minimum absolute atomic E-state index is 0.224. The molecule has 0 saturated carbocycles. The minimum Gasteiger partial charge on any atom is -0.506 e. The fourth-order valence-electron chi connectivity index (χ4n) is 2.10. The number of hydrogen-bond donors (Lipinski definition) is 2. The SMILES string of the molecule is CC(C)CCc1ccc(O)c(N)c1CCC(C)C. The molecule has 0 atom stereocenters. The number of aryl methyl sites for hydroxylation is 1. The van der Waals surface area contributed by atoms with Gasteiger partial charge in [0.1, 0.15) is 5.75 Å². The summed E-state index contributed by atoms with van der Waals surface area (Å²) in [7, 11) is 0. The predicted octanol–water partition coefficient (Wildman–Crippen LogP) is 4.15. The Morgan fingerprint density at radius 2 is 1.56 bits per heavy atom. The zero-order valence-corrected chi connectivity index (χ0v) is 12.2. The molecule has 0 bridgehead atoms. The van der Waals surface area contributed by atoms with Crippen molar-refractivity contribution in [2.24, 2.45) is 11.8 Å². The Hall–Kier alpha value is -1.18. The van der Waals surface area contributed by atoms with Crippen molar-refractivity contribution in [1.29, 1.82) is 0 Å². The van der Waals surface area contributed by atoms with Crippen molar-refractivity contribution in [2.75, 3.05) is 5.73 Å². The van der Waals surface area contributed by atoms with Gasteiger partial charge in [0.15, 0.2) is 0 Å². The van der Waals surface area contributed by atoms with Gasteiger partial charge in [-0.1, -0.05) is 33.8 Å². The molecule has 1 rings (SSSR count). The van der Waals surface area contributed by atoms with Gasteiger partial charge >= 0.3 is 0 Å². The molecular formula is C16H27NO. The first-order chi connectivity index (χ1) is 8.41. The Bertz CT molecular complexity index is 383. The number of nitrogen functional groups attached to an aromatic ring is 1. The second-order valence-electron chi connectivity index (χ2n) is 6.00. The van der Waals surface area contributed by atoms with Crippen molar-refractivity contribution in [2.45, 2.75) is 53.4 Å². The van der Waals surface area contributed by atoms with E-state index in [1.54, 1.807) is 6.07 Å². The summed E-state index contributed by atoms with van der Waals surface area (Å²) in [6, 6.07) is 3.76. The van der Waals surface area contributed by atoms with Crippen molar-refractivity contribution in [3.05, 3.63) is 23.3 Å². The van der Waals surface area contributed by atoms with E-state index < -0.39 is 0 Å². The highest BCUT2D eigenvalue weighted by molar-refractivity contribution is 5.60. The molecule has 0 aliphatic rings. The monoisotopic (exact) mass is 249 g/mol. The summed E-state index contributed by atoms with van der Waals surface area (Å²) < 4.78 is 0. The van der Waals surface area contributed by atoms with E-state index in [0.29, 0.717) is 17.5 Å². The summed E-state index contributed by atoms with van der Waals surface area (Å²) in [5, 5.41) is 9.74. The van der Waals surface area contributed by atoms with Gasteiger partial charge in [-0.3, -0.25) is 0 Å². The number of phenolic OH excluding ortho intramolecular Hbond substituents is 1. The highest BCUT2D eigenvalue weighted by atomic mass is 16.3. The Balaban J connectivity index is 2.90. The van der Waals surface area contributed by atoms with E-state index in [1.165, 1.54) is 12.0 Å². The van der Waals surface area contributed by atoms with E-state index in [2.05, 4.69) is 27.7 Å². The van der Waals surface area contributed by atoms with Crippen molar-refractivity contribution in [3.8, 4) is 5.75 Å². The van der Waals surface area contributed by atoms with Crippen LogP contribution in [0.25, 0.3) is 0 Å². The molecule has 1 aromatic rings. The maximum atomic E-state index is 9.74. The van der Waals surface area contributed by atoms with Crippen LogP contribution in [-0.2, 0) is 12.8 Å². The first kappa shape index (κ1) is 14.9. The molecule has 1 aromatic carbocycles. The summed E-state index contributed by atoms with van der Waals surface area (Å²) in [4.78, 5) is 0. The number of benzene rings is 1. The van der Waals surface area contributed by atoms with E-state index >= 15 is 0 Å². The minimum atomic E-state index is 0.224. The van der Waals surface area contributed by atoms with Crippen molar-refractivity contribution in [3.63, 3.8) is 0 Å². The fourth-order valence-corrected chi connectivity index (χ4v) is 2.10. The standard InChI is InChI=1S/C16H27NO/c1-11(2)5-7-13-8-10-15(18)16(17)14(13)9-6-12(3)4/h8,10-12,18H,5-7,9,17H2,1-4H3. The molecule has 0 aromatic heterocycles. The average Bonchev–Trinajstić information content (AvgIpc) is 2.29. The summed E-state index contributed by atoms with van der Waals surface area (Å²) in [6.45, 7) is 8.90. The van der Waals surface area contributed by atoms with Gasteiger partial charge in [-0.25, -0.2) is 0 Å². The molecule has 0 amide bonds. The highest BCUT2D eigenvalue weighted by Crippen LogP contribution is 2.30. The van der Waals surface area contributed by atoms with Crippen LogP contribution in [0.4, 0.5) is 5.69 Å². The molecule has 0 heterocycles. The maximum absolute atomic E-state index is 9.74. The average molecular weight is 249 g/mol. The van der Waals surface area contributed by atoms with Crippen LogP contribution in [-0.4, -0.2) is 5.11 Å². The fraction of sp³-hybridized carbons (Fsp3) is 0.625. The van der Waals surface area contributed by atoms with Crippen LogP contribution in [0, 0.1) is 11.8 Å². The van der Waals surface area contributed by atoms with E-state index in [9.17, 15) is 5.11 Å². The Labute approximate surface area is 111 Å². The van der Waals surface area contributed by atoms with Gasteiger partial charge in [-0.2, -0.15) is 0 Å². The second-order valence-corrected chi connectivity index (χ2v) is 6.00. The quantitative estimate of drug-likeness (QED) is 0.587. The van der Waals surface area contributed by atoms with Gasteiger partial charge < -0.3 is 10.8 Å². The zero-order chi connectivity index (χ0) is 13.7. The molecule has 0 fully saturated rings. The number of phenols is 1. The van der Waals surface area contributed by atoms with Crippen LogP contribution in [0.1, 0.15) is 51.7 Å². The summed E-state index contributed by atoms with van der Waals surface area (Å²) in [6.07, 6.45) is 4.29. The topological polar surface area (TPSA) is 46.2 Å². The largest absolute Gasteiger partial charge is 0.506 e. The molecule has 3 N–H and O–H groups in total. The van der Waals surface area contributed by atoms with Crippen LogP contribution in [0.2, 0.25) is 0 Å². The first-order valence-corrected chi connectivity index (χ1v) is 7.01. The number of hydrogen-bond acceptors (Lipinski definition) is 2. The van der Waals surface area contributed by atoms with Gasteiger partial charge in [-0.05, 0) is 54.7 Å². The van der Waals surface area contributed by atoms with Crippen molar-refractivity contribution >= 4 is 5.69 Å². The Kier molecular flexibility index (Phi) is 5.52. The lowest BCUT2D eigenvalue weighted by Gasteiger charge is -2.15.